The van der Waals surface area contributed by atoms with Gasteiger partial charge in [0.25, 0.3) is 5.78 Å². The van der Waals surface area contributed by atoms with Gasteiger partial charge in [0.1, 0.15) is 12.1 Å². The number of hydrogen-bond acceptors (Lipinski definition) is 5. The van der Waals surface area contributed by atoms with E-state index >= 15 is 0 Å². The maximum absolute atomic E-state index is 12.8. The van der Waals surface area contributed by atoms with Crippen molar-refractivity contribution in [2.24, 2.45) is 5.92 Å². The number of nitrogens with one attached hydrogen (secondary N) is 1. The third-order valence-electron chi connectivity index (χ3n) is 6.07. The Morgan fingerprint density at radius 1 is 1.17 bits per heavy atom. The molecule has 1 fully saturated rings. The van der Waals surface area contributed by atoms with Gasteiger partial charge in [0.05, 0.1) is 11.6 Å². The first-order chi connectivity index (χ1) is 14.3. The number of carbonyl (C=O) groups is 1. The molecule has 3 aromatic rings. The number of carbonyl (C=O) groups excluding carboxylic acids is 1. The van der Waals surface area contributed by atoms with Gasteiger partial charge in [0, 0.05) is 25.2 Å². The fraction of sp³-hybridized carbons (Fsp3) is 0.455. The maximum atomic E-state index is 12.8. The molecule has 1 unspecified atom stereocenters. The molecule has 1 N–H and O–H groups in total. The lowest BCUT2D eigenvalue weighted by atomic mass is 9.96. The lowest BCUT2D eigenvalue weighted by Gasteiger charge is -2.34. The minimum Gasteiger partial charge on any atom is -0.355 e. The molecule has 3 heterocycles. The van der Waals surface area contributed by atoms with Crippen LogP contribution in [0, 0.1) is 5.92 Å². The van der Waals surface area contributed by atoms with Crippen molar-refractivity contribution in [1.82, 2.24) is 24.9 Å². The first-order valence-electron chi connectivity index (χ1n) is 10.6. The quantitative estimate of drug-likeness (QED) is 0.723. The fourth-order valence-electron chi connectivity index (χ4n) is 4.63. The number of nitrogens with zero attached hydrogens (tertiary/aromatic N) is 5. The summed E-state index contributed by atoms with van der Waals surface area (Å²) in [6.45, 7) is 2.35. The molecular weight excluding hydrogens is 364 g/mol. The Bertz CT molecular complexity index is 1010. The van der Waals surface area contributed by atoms with Gasteiger partial charge in [-0.05, 0) is 44.1 Å². The standard InChI is InChI=1S/C22H26N6O/c29-20(23-12-11-16-6-2-1-3-7-16)17-8-5-13-27(14-17)21-18-9-4-10-19(18)26-22-24-15-25-28(21)22/h1-3,6-7,15,17H,4-5,8-14H2,(H,23,29). The Morgan fingerprint density at radius 3 is 2.97 bits per heavy atom. The predicted molar refractivity (Wildman–Crippen MR) is 111 cm³/mol. The molecule has 29 heavy (non-hydrogen) atoms. The van der Waals surface area contributed by atoms with Crippen LogP contribution in [0.5, 0.6) is 0 Å². The fourth-order valence-corrected chi connectivity index (χ4v) is 4.63. The van der Waals surface area contributed by atoms with Crippen molar-refractivity contribution in [2.45, 2.75) is 38.5 Å². The monoisotopic (exact) mass is 390 g/mol. The van der Waals surface area contributed by atoms with Gasteiger partial charge in [-0.2, -0.15) is 14.6 Å². The van der Waals surface area contributed by atoms with E-state index in [1.165, 1.54) is 11.1 Å². The Balaban J connectivity index is 1.29. The molecule has 1 aliphatic heterocycles. The molecule has 0 radical (unpaired) electrons. The van der Waals surface area contributed by atoms with E-state index in [1.54, 1.807) is 6.33 Å². The second-order valence-corrected chi connectivity index (χ2v) is 8.00. The van der Waals surface area contributed by atoms with Crippen LogP contribution in [-0.2, 0) is 24.1 Å². The zero-order valence-corrected chi connectivity index (χ0v) is 16.5. The Hall–Kier alpha value is -2.96. The molecule has 2 aromatic heterocycles. The SMILES string of the molecule is O=C(NCCc1ccccc1)C1CCCN(c2c3c(nc4ncnn24)CCC3)C1. The number of benzene rings is 1. The highest BCUT2D eigenvalue weighted by atomic mass is 16.1. The zero-order chi connectivity index (χ0) is 19.6. The molecule has 0 spiro atoms. The number of aromatic nitrogens is 4. The average Bonchev–Trinajstić information content (AvgIpc) is 3.41. The molecule has 2 aliphatic rings. The topological polar surface area (TPSA) is 75.4 Å². The average molecular weight is 390 g/mol. The molecular formula is C22H26N6O. The first-order valence-corrected chi connectivity index (χ1v) is 10.6. The number of anilines is 1. The van der Waals surface area contributed by atoms with Crippen LogP contribution in [0.1, 0.15) is 36.1 Å². The van der Waals surface area contributed by atoms with Gasteiger partial charge >= 0.3 is 0 Å². The van der Waals surface area contributed by atoms with E-state index < -0.39 is 0 Å². The van der Waals surface area contributed by atoms with E-state index in [4.69, 9.17) is 0 Å². The highest BCUT2D eigenvalue weighted by Gasteiger charge is 2.30. The molecule has 7 nitrogen and oxygen atoms in total. The summed E-state index contributed by atoms with van der Waals surface area (Å²) in [6.07, 6.45) is 7.52. The van der Waals surface area contributed by atoms with Crippen molar-refractivity contribution < 1.29 is 4.79 Å². The summed E-state index contributed by atoms with van der Waals surface area (Å²) in [6, 6.07) is 10.3. The van der Waals surface area contributed by atoms with Crippen LogP contribution in [-0.4, -0.2) is 45.1 Å². The van der Waals surface area contributed by atoms with Gasteiger partial charge in [-0.15, -0.1) is 0 Å². The maximum Gasteiger partial charge on any atom is 0.254 e. The number of amides is 1. The van der Waals surface area contributed by atoms with Crippen LogP contribution in [0.25, 0.3) is 5.78 Å². The highest BCUT2D eigenvalue weighted by Crippen LogP contribution is 2.33. The largest absolute Gasteiger partial charge is 0.355 e. The van der Waals surface area contributed by atoms with Crippen LogP contribution in [0.15, 0.2) is 36.7 Å². The molecule has 1 aromatic carbocycles. The van der Waals surface area contributed by atoms with Gasteiger partial charge in [-0.3, -0.25) is 4.79 Å². The van der Waals surface area contributed by atoms with E-state index in [-0.39, 0.29) is 11.8 Å². The van der Waals surface area contributed by atoms with E-state index in [2.05, 4.69) is 37.4 Å². The van der Waals surface area contributed by atoms with Crippen LogP contribution in [0.3, 0.4) is 0 Å². The summed E-state index contributed by atoms with van der Waals surface area (Å²) >= 11 is 0. The van der Waals surface area contributed by atoms with E-state index in [0.717, 1.165) is 63.1 Å². The third-order valence-corrected chi connectivity index (χ3v) is 6.07. The number of hydrogen-bond donors (Lipinski definition) is 1. The molecule has 0 saturated carbocycles. The number of aryl methyl sites for hydroxylation is 1. The normalized spacial score (nSPS) is 18.8. The molecule has 1 atom stereocenters. The lowest BCUT2D eigenvalue weighted by Crippen LogP contribution is -2.44. The van der Waals surface area contributed by atoms with Gasteiger partial charge in [0.15, 0.2) is 0 Å². The molecule has 150 valence electrons. The number of piperidine rings is 1. The molecule has 1 amide bonds. The summed E-state index contributed by atoms with van der Waals surface area (Å²) < 4.78 is 1.86. The summed E-state index contributed by atoms with van der Waals surface area (Å²) in [7, 11) is 0. The molecule has 1 saturated heterocycles. The summed E-state index contributed by atoms with van der Waals surface area (Å²) in [4.78, 5) is 24.1. The van der Waals surface area contributed by atoms with Crippen LogP contribution in [0.4, 0.5) is 5.82 Å². The molecule has 7 heteroatoms. The zero-order valence-electron chi connectivity index (χ0n) is 16.5. The Morgan fingerprint density at radius 2 is 2.07 bits per heavy atom. The molecule has 5 rings (SSSR count). The van der Waals surface area contributed by atoms with Crippen molar-refractivity contribution in [2.75, 3.05) is 24.5 Å². The van der Waals surface area contributed by atoms with E-state index in [0.29, 0.717) is 12.3 Å². The predicted octanol–water partition coefficient (Wildman–Crippen LogP) is 2.19. The van der Waals surface area contributed by atoms with Crippen LogP contribution < -0.4 is 10.2 Å². The third kappa shape index (κ3) is 3.57. The van der Waals surface area contributed by atoms with E-state index in [1.807, 2.05) is 22.7 Å². The van der Waals surface area contributed by atoms with E-state index in [9.17, 15) is 4.79 Å². The molecule has 1 aliphatic carbocycles. The minimum absolute atomic E-state index is 0.00307. The first kappa shape index (κ1) is 18.1. The van der Waals surface area contributed by atoms with Gasteiger partial charge in [-0.25, -0.2) is 4.98 Å². The highest BCUT2D eigenvalue weighted by molar-refractivity contribution is 5.79. The van der Waals surface area contributed by atoms with Gasteiger partial charge in [0.2, 0.25) is 5.91 Å². The lowest BCUT2D eigenvalue weighted by molar-refractivity contribution is -0.125. The van der Waals surface area contributed by atoms with Crippen LogP contribution >= 0.6 is 0 Å². The summed E-state index contributed by atoms with van der Waals surface area (Å²) in [5, 5.41) is 7.57. The summed E-state index contributed by atoms with van der Waals surface area (Å²) in [5.74, 6) is 1.92. The van der Waals surface area contributed by atoms with Crippen molar-refractivity contribution in [3.63, 3.8) is 0 Å². The summed E-state index contributed by atoms with van der Waals surface area (Å²) in [5.41, 5.74) is 3.68. The van der Waals surface area contributed by atoms with Crippen molar-refractivity contribution in [3.05, 3.63) is 53.5 Å². The van der Waals surface area contributed by atoms with Crippen molar-refractivity contribution in [1.29, 1.82) is 0 Å². The van der Waals surface area contributed by atoms with Gasteiger partial charge in [-0.1, -0.05) is 30.3 Å². The Labute approximate surface area is 170 Å². The second kappa shape index (κ2) is 7.81. The Kier molecular flexibility index (Phi) is 4.87. The number of fused-ring (bicyclic) bond motifs is 2. The van der Waals surface area contributed by atoms with Crippen molar-refractivity contribution >= 4 is 17.5 Å². The smallest absolute Gasteiger partial charge is 0.254 e. The van der Waals surface area contributed by atoms with Gasteiger partial charge < -0.3 is 10.2 Å². The number of rotatable bonds is 5. The molecule has 0 bridgehead atoms. The minimum atomic E-state index is 0.00307. The second-order valence-electron chi connectivity index (χ2n) is 8.00. The van der Waals surface area contributed by atoms with Crippen molar-refractivity contribution in [3.8, 4) is 0 Å². The van der Waals surface area contributed by atoms with Crippen LogP contribution in [0.2, 0.25) is 0 Å².